The number of fused-ring (bicyclic) bond motifs is 2. The summed E-state index contributed by atoms with van der Waals surface area (Å²) >= 11 is 0. The second-order valence-electron chi connectivity index (χ2n) is 7.41. The van der Waals surface area contributed by atoms with Crippen LogP contribution in [0.4, 0.5) is 5.95 Å². The Balaban J connectivity index is 1.87. The van der Waals surface area contributed by atoms with Crippen LogP contribution in [-0.2, 0) is 20.7 Å². The number of carbonyl (C=O) groups is 2. The molecule has 2 aliphatic rings. The van der Waals surface area contributed by atoms with Gasteiger partial charge < -0.3 is 4.74 Å². The van der Waals surface area contributed by atoms with Crippen LogP contribution in [0.5, 0.6) is 0 Å². The minimum atomic E-state index is -1.09. The fourth-order valence-electron chi connectivity index (χ4n) is 3.93. The van der Waals surface area contributed by atoms with Gasteiger partial charge in [-0.05, 0) is 12.8 Å². The van der Waals surface area contributed by atoms with Crippen LogP contribution in [-0.4, -0.2) is 80.8 Å². The zero-order valence-electron chi connectivity index (χ0n) is 16.5. The zero-order chi connectivity index (χ0) is 20.5. The normalized spacial score (nSPS) is 24.7. The molecule has 3 N–H and O–H groups in total. The molecule has 0 aromatic carbocycles. The number of aryl methyl sites for hydroxylation is 1. The lowest BCUT2D eigenvalue weighted by atomic mass is 9.88. The number of hydroxylamine groups is 2. The van der Waals surface area contributed by atoms with Crippen LogP contribution in [0.3, 0.4) is 0 Å². The Labute approximate surface area is 169 Å². The Morgan fingerprint density at radius 3 is 2.72 bits per heavy atom. The highest BCUT2D eigenvalue weighted by molar-refractivity contribution is 5.87. The summed E-state index contributed by atoms with van der Waals surface area (Å²) in [5.41, 5.74) is 4.36. The smallest absolute Gasteiger partial charge is 0.260 e. The molecule has 11 heteroatoms. The number of ether oxygens (including phenoxy) is 1. The molecule has 2 aliphatic heterocycles. The van der Waals surface area contributed by atoms with E-state index in [1.165, 1.54) is 6.33 Å². The van der Waals surface area contributed by atoms with E-state index in [2.05, 4.69) is 25.8 Å². The Kier molecular flexibility index (Phi) is 7.67. The number of anilines is 1. The van der Waals surface area contributed by atoms with Crippen LogP contribution in [0, 0.1) is 0 Å². The van der Waals surface area contributed by atoms with E-state index in [1.54, 1.807) is 0 Å². The number of rotatable bonds is 4. The third-order valence-electron chi connectivity index (χ3n) is 5.48. The average molecular weight is 407 g/mol. The van der Waals surface area contributed by atoms with E-state index < -0.39 is 5.54 Å². The molecule has 2 bridgehead atoms. The summed E-state index contributed by atoms with van der Waals surface area (Å²) in [4.78, 5) is 39.1. The lowest BCUT2D eigenvalue weighted by Gasteiger charge is -2.45. The van der Waals surface area contributed by atoms with Crippen molar-refractivity contribution in [2.75, 3.05) is 38.3 Å². The second kappa shape index (κ2) is 10.4. The van der Waals surface area contributed by atoms with E-state index in [-0.39, 0.29) is 18.4 Å². The molecule has 1 aromatic heterocycles. The monoisotopic (exact) mass is 407 g/mol. The number of aromatic nitrogens is 3. The minimum Gasteiger partial charge on any atom is -0.379 e. The third-order valence-corrected chi connectivity index (χ3v) is 5.48. The maximum absolute atomic E-state index is 13.4. The van der Waals surface area contributed by atoms with Crippen molar-refractivity contribution in [3.63, 3.8) is 0 Å². The van der Waals surface area contributed by atoms with E-state index in [1.807, 2.05) is 4.90 Å². The summed E-state index contributed by atoms with van der Waals surface area (Å²) in [6.45, 7) is 1.93. The number of hydrogen-bond acceptors (Lipinski definition) is 9. The first-order valence-electron chi connectivity index (χ1n) is 10.1. The lowest BCUT2D eigenvalue weighted by molar-refractivity contribution is -0.167. The molecule has 0 unspecified atom stereocenters. The van der Waals surface area contributed by atoms with Gasteiger partial charge in [0, 0.05) is 19.5 Å². The van der Waals surface area contributed by atoms with Gasteiger partial charge in [-0.25, -0.2) is 10.0 Å². The zero-order valence-corrected chi connectivity index (χ0v) is 16.5. The molecule has 1 atom stereocenters. The highest BCUT2D eigenvalue weighted by Crippen LogP contribution is 2.26. The highest BCUT2D eigenvalue weighted by Gasteiger charge is 2.45. The number of carbonyl (C=O) groups excluding carboxylic acids is 2. The van der Waals surface area contributed by atoms with Crippen LogP contribution in [0.15, 0.2) is 6.33 Å². The molecule has 29 heavy (non-hydrogen) atoms. The van der Waals surface area contributed by atoms with Gasteiger partial charge in [0.2, 0.25) is 12.4 Å². The Morgan fingerprint density at radius 1 is 1.17 bits per heavy atom. The number of amides is 2. The maximum Gasteiger partial charge on any atom is 0.260 e. The van der Waals surface area contributed by atoms with E-state index >= 15 is 0 Å². The van der Waals surface area contributed by atoms with Gasteiger partial charge in [-0.3, -0.25) is 30.5 Å². The molecule has 0 radical (unpaired) electrons. The number of hydrogen-bond donors (Lipinski definition) is 3. The van der Waals surface area contributed by atoms with Crippen molar-refractivity contribution in [2.45, 2.75) is 50.5 Å². The van der Waals surface area contributed by atoms with Gasteiger partial charge in [-0.2, -0.15) is 9.97 Å². The van der Waals surface area contributed by atoms with Crippen molar-refractivity contribution in [3.8, 4) is 0 Å². The van der Waals surface area contributed by atoms with Crippen molar-refractivity contribution < 1.29 is 19.5 Å². The summed E-state index contributed by atoms with van der Waals surface area (Å²) in [5.74, 6) is 0.586. The van der Waals surface area contributed by atoms with Crippen LogP contribution >= 0.6 is 0 Å². The lowest BCUT2D eigenvalue weighted by Crippen LogP contribution is -2.66. The first-order chi connectivity index (χ1) is 14.1. The highest BCUT2D eigenvalue weighted by atomic mass is 16.5. The molecular weight excluding hydrogens is 378 g/mol. The topological polar surface area (TPSA) is 133 Å². The first kappa shape index (κ1) is 21.3. The van der Waals surface area contributed by atoms with Crippen LogP contribution < -0.4 is 10.9 Å². The fraction of sp³-hybridized carbons (Fsp3) is 0.722. The molecule has 1 aromatic rings. The van der Waals surface area contributed by atoms with E-state index in [4.69, 9.17) is 4.74 Å². The standard InChI is InChI=1S/C18H29N7O4/c26-14-25(28)12-18(24-8-10-29-11-9-24)7-5-3-1-2-4-6-15-19-13-20-17(21-15)23-22-16(18)27/h13-14,28H,1-12H2,(H,22,27)(H,19,20,21,23)/t18-/m1/s1. The molecule has 3 heterocycles. The largest absolute Gasteiger partial charge is 0.379 e. The molecule has 11 nitrogen and oxygen atoms in total. The van der Waals surface area contributed by atoms with Crippen LogP contribution in [0.2, 0.25) is 0 Å². The predicted octanol–water partition coefficient (Wildman–Crippen LogP) is 0.130. The molecule has 0 aliphatic carbocycles. The first-order valence-corrected chi connectivity index (χ1v) is 10.1. The van der Waals surface area contributed by atoms with Crippen molar-refractivity contribution >= 4 is 18.3 Å². The molecule has 2 amide bonds. The Morgan fingerprint density at radius 2 is 1.93 bits per heavy atom. The minimum absolute atomic E-state index is 0.132. The Bertz CT molecular complexity index is 686. The van der Waals surface area contributed by atoms with Gasteiger partial charge in [0.05, 0.1) is 19.8 Å². The van der Waals surface area contributed by atoms with Crippen LogP contribution in [0.25, 0.3) is 0 Å². The number of hydrazine groups is 1. The van der Waals surface area contributed by atoms with Gasteiger partial charge in [-0.15, -0.1) is 0 Å². The molecule has 0 saturated carbocycles. The summed E-state index contributed by atoms with van der Waals surface area (Å²) in [6.07, 6.45) is 7.85. The average Bonchev–Trinajstić information content (AvgIpc) is 2.76. The molecule has 0 spiro atoms. The SMILES string of the molecule is O=CN(O)C[C@]1(N2CCOCC2)CCCCCCCc2ncnc(n2)NNC1=O. The van der Waals surface area contributed by atoms with E-state index in [9.17, 15) is 14.8 Å². The van der Waals surface area contributed by atoms with Crippen LogP contribution in [0.1, 0.15) is 44.3 Å². The third kappa shape index (κ3) is 5.58. The van der Waals surface area contributed by atoms with Crippen molar-refractivity contribution in [2.24, 2.45) is 0 Å². The van der Waals surface area contributed by atoms with E-state index in [0.717, 1.165) is 38.5 Å². The molecular formula is C18H29N7O4. The summed E-state index contributed by atoms with van der Waals surface area (Å²) in [5, 5.41) is 10.5. The van der Waals surface area contributed by atoms with E-state index in [0.29, 0.717) is 50.0 Å². The second-order valence-corrected chi connectivity index (χ2v) is 7.41. The van der Waals surface area contributed by atoms with Crippen molar-refractivity contribution in [1.82, 2.24) is 30.3 Å². The van der Waals surface area contributed by atoms with Gasteiger partial charge in [0.25, 0.3) is 5.91 Å². The molecule has 1 fully saturated rings. The summed E-state index contributed by atoms with van der Waals surface area (Å²) < 4.78 is 5.44. The predicted molar refractivity (Wildman–Crippen MR) is 103 cm³/mol. The van der Waals surface area contributed by atoms with Gasteiger partial charge in [0.1, 0.15) is 17.7 Å². The molecule has 3 rings (SSSR count). The van der Waals surface area contributed by atoms with Crippen molar-refractivity contribution in [3.05, 3.63) is 12.2 Å². The summed E-state index contributed by atoms with van der Waals surface area (Å²) in [6, 6.07) is 0. The van der Waals surface area contributed by atoms with Gasteiger partial charge in [-0.1, -0.05) is 25.7 Å². The molecule has 160 valence electrons. The van der Waals surface area contributed by atoms with Gasteiger partial charge in [0.15, 0.2) is 0 Å². The number of morpholine rings is 1. The Hall–Kier alpha value is -2.37. The molecule has 1 saturated heterocycles. The van der Waals surface area contributed by atoms with Gasteiger partial charge >= 0.3 is 0 Å². The quantitative estimate of drug-likeness (QED) is 0.362. The van der Waals surface area contributed by atoms with Crippen molar-refractivity contribution in [1.29, 1.82) is 0 Å². The fourth-order valence-corrected chi connectivity index (χ4v) is 3.93. The maximum atomic E-state index is 13.4. The number of nitrogens with one attached hydrogen (secondary N) is 2. The number of nitrogens with zero attached hydrogens (tertiary/aromatic N) is 5. The summed E-state index contributed by atoms with van der Waals surface area (Å²) in [7, 11) is 0.